The number of hydrogen-bond acceptors (Lipinski definition) is 2. The predicted molar refractivity (Wildman–Crippen MR) is 95.0 cm³/mol. The first-order chi connectivity index (χ1) is 10.8. The maximum absolute atomic E-state index is 11.4. The summed E-state index contributed by atoms with van der Waals surface area (Å²) >= 11 is 3.48. The van der Waals surface area contributed by atoms with Crippen molar-refractivity contribution in [2.75, 3.05) is 12.4 Å². The third-order valence-electron chi connectivity index (χ3n) is 3.45. The number of halogens is 1. The second-order valence-corrected chi connectivity index (χ2v) is 5.69. The van der Waals surface area contributed by atoms with Crippen LogP contribution in [-0.4, -0.2) is 18.4 Å². The highest BCUT2D eigenvalue weighted by molar-refractivity contribution is 9.09. The van der Waals surface area contributed by atoms with E-state index in [1.165, 1.54) is 18.7 Å². The van der Waals surface area contributed by atoms with Crippen LogP contribution in [0, 0.1) is 0 Å². The van der Waals surface area contributed by atoms with Crippen LogP contribution < -0.4 is 0 Å². The highest BCUT2D eigenvalue weighted by Crippen LogP contribution is 2.28. The molecule has 0 amide bonds. The molecule has 0 saturated carbocycles. The molecule has 22 heavy (non-hydrogen) atoms. The van der Waals surface area contributed by atoms with Crippen LogP contribution >= 0.6 is 15.9 Å². The molecule has 0 unspecified atom stereocenters. The summed E-state index contributed by atoms with van der Waals surface area (Å²) in [6.45, 7) is 0. The standard InChI is InChI=1S/C19H19BrO2/c1-22-19(21)13-12-18-16(10-6-14-20)9-5-11-17(18)15-7-3-2-4-8-15/h2-5,7-9,11-13H,6,10,14H2,1H3/b13-12+. The quantitative estimate of drug-likeness (QED) is 0.418. The summed E-state index contributed by atoms with van der Waals surface area (Å²) < 4.78 is 4.71. The van der Waals surface area contributed by atoms with Crippen molar-refractivity contribution in [1.82, 2.24) is 0 Å². The fourth-order valence-corrected chi connectivity index (χ4v) is 2.65. The molecular weight excluding hydrogens is 340 g/mol. The van der Waals surface area contributed by atoms with E-state index in [-0.39, 0.29) is 5.97 Å². The Labute approximate surface area is 139 Å². The van der Waals surface area contributed by atoms with Crippen molar-refractivity contribution in [1.29, 1.82) is 0 Å². The van der Waals surface area contributed by atoms with E-state index in [0.717, 1.165) is 34.9 Å². The zero-order valence-electron chi connectivity index (χ0n) is 12.6. The van der Waals surface area contributed by atoms with Gasteiger partial charge in [-0.1, -0.05) is 64.5 Å². The molecule has 0 bridgehead atoms. The van der Waals surface area contributed by atoms with E-state index in [4.69, 9.17) is 4.74 Å². The maximum atomic E-state index is 11.4. The molecule has 2 nitrogen and oxygen atoms in total. The van der Waals surface area contributed by atoms with E-state index in [1.807, 2.05) is 24.3 Å². The summed E-state index contributed by atoms with van der Waals surface area (Å²) in [6.07, 6.45) is 5.36. The molecule has 2 rings (SSSR count). The van der Waals surface area contributed by atoms with E-state index >= 15 is 0 Å². The number of esters is 1. The average molecular weight is 359 g/mol. The fraction of sp³-hybridized carbons (Fsp3) is 0.211. The highest BCUT2D eigenvalue weighted by Gasteiger charge is 2.08. The summed E-state index contributed by atoms with van der Waals surface area (Å²) in [5.41, 5.74) is 4.60. The second kappa shape index (κ2) is 8.54. The molecule has 3 heteroatoms. The van der Waals surface area contributed by atoms with Gasteiger partial charge < -0.3 is 4.74 Å². The van der Waals surface area contributed by atoms with E-state index in [9.17, 15) is 4.79 Å². The lowest BCUT2D eigenvalue weighted by Crippen LogP contribution is -1.97. The molecule has 0 atom stereocenters. The van der Waals surface area contributed by atoms with Gasteiger partial charge in [0.1, 0.15) is 0 Å². The van der Waals surface area contributed by atoms with Gasteiger partial charge in [-0.2, -0.15) is 0 Å². The van der Waals surface area contributed by atoms with Crippen LogP contribution in [0.5, 0.6) is 0 Å². The van der Waals surface area contributed by atoms with Gasteiger partial charge in [0.05, 0.1) is 7.11 Å². The third kappa shape index (κ3) is 4.31. The first-order valence-electron chi connectivity index (χ1n) is 7.25. The Morgan fingerprint density at radius 1 is 1.14 bits per heavy atom. The number of hydrogen-bond donors (Lipinski definition) is 0. The Morgan fingerprint density at radius 3 is 2.59 bits per heavy atom. The minimum atomic E-state index is -0.339. The molecular formula is C19H19BrO2. The largest absolute Gasteiger partial charge is 0.466 e. The molecule has 0 fully saturated rings. The Morgan fingerprint density at radius 2 is 1.91 bits per heavy atom. The van der Waals surface area contributed by atoms with Crippen LogP contribution in [0.3, 0.4) is 0 Å². The number of rotatable bonds is 6. The van der Waals surface area contributed by atoms with Gasteiger partial charge in [0, 0.05) is 11.4 Å². The lowest BCUT2D eigenvalue weighted by molar-refractivity contribution is -0.134. The van der Waals surface area contributed by atoms with Crippen molar-refractivity contribution in [3.8, 4) is 11.1 Å². The van der Waals surface area contributed by atoms with E-state index < -0.39 is 0 Å². The smallest absolute Gasteiger partial charge is 0.330 e. The second-order valence-electron chi connectivity index (χ2n) is 4.89. The minimum absolute atomic E-state index is 0.339. The summed E-state index contributed by atoms with van der Waals surface area (Å²) in [7, 11) is 1.39. The van der Waals surface area contributed by atoms with Crippen LogP contribution in [0.25, 0.3) is 17.2 Å². The Hall–Kier alpha value is -1.87. The van der Waals surface area contributed by atoms with Crippen molar-refractivity contribution in [2.24, 2.45) is 0 Å². The van der Waals surface area contributed by atoms with Gasteiger partial charge in [-0.25, -0.2) is 4.79 Å². The lowest BCUT2D eigenvalue weighted by atomic mass is 9.93. The first kappa shape index (κ1) is 16.5. The zero-order chi connectivity index (χ0) is 15.8. The molecule has 0 spiro atoms. The predicted octanol–water partition coefficient (Wildman–Crippen LogP) is 4.87. The number of carbonyl (C=O) groups is 1. The monoisotopic (exact) mass is 358 g/mol. The van der Waals surface area contributed by atoms with Gasteiger partial charge in [0.25, 0.3) is 0 Å². The number of benzene rings is 2. The third-order valence-corrected chi connectivity index (χ3v) is 4.01. The molecule has 0 aromatic heterocycles. The van der Waals surface area contributed by atoms with E-state index in [0.29, 0.717) is 0 Å². The van der Waals surface area contributed by atoms with Crippen LogP contribution in [0.15, 0.2) is 54.6 Å². The van der Waals surface area contributed by atoms with Gasteiger partial charge in [0.2, 0.25) is 0 Å². The molecule has 0 N–H and O–H groups in total. The zero-order valence-corrected chi connectivity index (χ0v) is 14.2. The van der Waals surface area contributed by atoms with Gasteiger partial charge >= 0.3 is 5.97 Å². The number of alkyl halides is 1. The molecule has 2 aromatic rings. The van der Waals surface area contributed by atoms with Crippen molar-refractivity contribution >= 4 is 28.0 Å². The SMILES string of the molecule is COC(=O)/C=C/c1c(CCCBr)cccc1-c1ccccc1. The summed E-state index contributed by atoms with van der Waals surface area (Å²) in [5, 5.41) is 0.961. The van der Waals surface area contributed by atoms with E-state index in [2.05, 4.69) is 46.3 Å². The van der Waals surface area contributed by atoms with Crippen molar-refractivity contribution < 1.29 is 9.53 Å². The lowest BCUT2D eigenvalue weighted by Gasteiger charge is -2.12. The van der Waals surface area contributed by atoms with Crippen LogP contribution in [0.1, 0.15) is 17.5 Å². The minimum Gasteiger partial charge on any atom is -0.466 e. The maximum Gasteiger partial charge on any atom is 0.330 e. The molecule has 0 aliphatic rings. The Bertz CT molecular complexity index is 648. The van der Waals surface area contributed by atoms with Crippen molar-refractivity contribution in [3.63, 3.8) is 0 Å². The van der Waals surface area contributed by atoms with Crippen LogP contribution in [0.2, 0.25) is 0 Å². The topological polar surface area (TPSA) is 26.3 Å². The van der Waals surface area contributed by atoms with Gasteiger partial charge in [-0.3, -0.25) is 0 Å². The highest BCUT2D eigenvalue weighted by atomic mass is 79.9. The normalized spacial score (nSPS) is 10.8. The van der Waals surface area contributed by atoms with Crippen molar-refractivity contribution in [3.05, 3.63) is 65.7 Å². The summed E-state index contributed by atoms with van der Waals surface area (Å²) in [5.74, 6) is -0.339. The molecule has 0 heterocycles. The fourth-order valence-electron chi connectivity index (χ4n) is 2.37. The van der Waals surface area contributed by atoms with Crippen LogP contribution in [0.4, 0.5) is 0 Å². The van der Waals surface area contributed by atoms with Gasteiger partial charge in [-0.15, -0.1) is 0 Å². The molecule has 114 valence electrons. The van der Waals surface area contributed by atoms with Crippen molar-refractivity contribution in [2.45, 2.75) is 12.8 Å². The number of methoxy groups -OCH3 is 1. The number of carbonyl (C=O) groups excluding carboxylic acids is 1. The molecule has 2 aromatic carbocycles. The van der Waals surface area contributed by atoms with Gasteiger partial charge in [0.15, 0.2) is 0 Å². The molecule has 0 aliphatic heterocycles. The molecule has 0 saturated heterocycles. The first-order valence-corrected chi connectivity index (χ1v) is 8.37. The van der Waals surface area contributed by atoms with Gasteiger partial charge in [-0.05, 0) is 41.2 Å². The summed E-state index contributed by atoms with van der Waals surface area (Å²) in [6, 6.07) is 16.5. The van der Waals surface area contributed by atoms with Crippen LogP contribution in [-0.2, 0) is 16.0 Å². The molecule has 0 aliphatic carbocycles. The molecule has 0 radical (unpaired) electrons. The Balaban J connectivity index is 2.48. The number of ether oxygens (including phenoxy) is 1. The Kier molecular flexibility index (Phi) is 6.41. The number of aryl methyl sites for hydroxylation is 1. The average Bonchev–Trinajstić information content (AvgIpc) is 2.58. The summed E-state index contributed by atoms with van der Waals surface area (Å²) in [4.78, 5) is 11.4. The van der Waals surface area contributed by atoms with E-state index in [1.54, 1.807) is 0 Å².